The van der Waals surface area contributed by atoms with Gasteiger partial charge < -0.3 is 10.1 Å². The van der Waals surface area contributed by atoms with Crippen molar-refractivity contribution in [1.29, 1.82) is 0 Å². The molecule has 0 spiro atoms. The summed E-state index contributed by atoms with van der Waals surface area (Å²) in [5.41, 5.74) is -0.841. The first kappa shape index (κ1) is 16.9. The zero-order valence-corrected chi connectivity index (χ0v) is 12.8. The summed E-state index contributed by atoms with van der Waals surface area (Å²) in [6.45, 7) is 3.77. The molecule has 0 saturated carbocycles. The molecule has 23 heavy (non-hydrogen) atoms. The summed E-state index contributed by atoms with van der Waals surface area (Å²) < 4.78 is 44.2. The minimum atomic E-state index is -4.59. The monoisotopic (exact) mass is 327 g/mol. The smallest absolute Gasteiger partial charge is 0.435 e. The van der Waals surface area contributed by atoms with Crippen molar-refractivity contribution >= 4 is 11.6 Å². The van der Waals surface area contributed by atoms with Gasteiger partial charge in [0.2, 0.25) is 0 Å². The van der Waals surface area contributed by atoms with Gasteiger partial charge in [-0.15, -0.1) is 0 Å². The lowest BCUT2D eigenvalue weighted by Crippen LogP contribution is -2.16. The Labute approximate surface area is 131 Å². The standard InChI is InChI=1S/C15H16F3N3O2/c1-9(2)23-11-6-4-10(5-7-11)19-14(22)12-8-13(15(16,17)18)20-21(12)3/h4-9H,1-3H3,(H,19,22). The summed E-state index contributed by atoms with van der Waals surface area (Å²) in [7, 11) is 1.28. The van der Waals surface area contributed by atoms with E-state index in [1.807, 2.05) is 13.8 Å². The molecule has 0 saturated heterocycles. The maximum atomic E-state index is 12.6. The molecule has 1 aromatic heterocycles. The number of amides is 1. The molecule has 1 aromatic carbocycles. The number of benzene rings is 1. The van der Waals surface area contributed by atoms with Crippen LogP contribution in [0.2, 0.25) is 0 Å². The van der Waals surface area contributed by atoms with Crippen LogP contribution in [-0.4, -0.2) is 21.8 Å². The minimum Gasteiger partial charge on any atom is -0.491 e. The fourth-order valence-corrected chi connectivity index (χ4v) is 1.90. The van der Waals surface area contributed by atoms with Crippen molar-refractivity contribution in [2.75, 3.05) is 5.32 Å². The van der Waals surface area contributed by atoms with E-state index in [1.54, 1.807) is 24.3 Å². The second-order valence-corrected chi connectivity index (χ2v) is 5.18. The number of nitrogens with one attached hydrogen (secondary N) is 1. The third kappa shape index (κ3) is 4.24. The summed E-state index contributed by atoms with van der Waals surface area (Å²) >= 11 is 0. The predicted molar refractivity (Wildman–Crippen MR) is 78.4 cm³/mol. The maximum absolute atomic E-state index is 12.6. The first-order chi connectivity index (χ1) is 10.7. The lowest BCUT2D eigenvalue weighted by atomic mass is 10.2. The molecular formula is C15H16F3N3O2. The Morgan fingerprint density at radius 1 is 1.26 bits per heavy atom. The van der Waals surface area contributed by atoms with Crippen molar-refractivity contribution in [2.24, 2.45) is 7.05 Å². The molecule has 0 unspecified atom stereocenters. The van der Waals surface area contributed by atoms with Crippen LogP contribution in [0.3, 0.4) is 0 Å². The van der Waals surface area contributed by atoms with E-state index in [1.165, 1.54) is 7.05 Å². The number of halogens is 3. The summed E-state index contributed by atoms with van der Waals surface area (Å²) in [4.78, 5) is 12.1. The first-order valence-electron chi connectivity index (χ1n) is 6.86. The topological polar surface area (TPSA) is 56.1 Å². The van der Waals surface area contributed by atoms with Crippen molar-refractivity contribution < 1.29 is 22.7 Å². The molecule has 5 nitrogen and oxygen atoms in total. The molecule has 0 bridgehead atoms. The summed E-state index contributed by atoms with van der Waals surface area (Å²) in [5, 5.41) is 5.82. The van der Waals surface area contributed by atoms with Gasteiger partial charge in [-0.2, -0.15) is 18.3 Å². The van der Waals surface area contributed by atoms with E-state index in [9.17, 15) is 18.0 Å². The number of aromatic nitrogens is 2. The molecule has 0 aliphatic heterocycles. The van der Waals surface area contributed by atoms with Gasteiger partial charge in [0.05, 0.1) is 6.10 Å². The number of anilines is 1. The lowest BCUT2D eigenvalue weighted by Gasteiger charge is -2.10. The predicted octanol–water partition coefficient (Wildman–Crippen LogP) is 3.48. The van der Waals surface area contributed by atoms with E-state index in [2.05, 4.69) is 10.4 Å². The van der Waals surface area contributed by atoms with Crippen molar-refractivity contribution in [2.45, 2.75) is 26.1 Å². The number of hydrogen-bond donors (Lipinski definition) is 1. The summed E-state index contributed by atoms with van der Waals surface area (Å²) in [6.07, 6.45) is -4.57. The Balaban J connectivity index is 2.11. The van der Waals surface area contributed by atoms with Crippen LogP contribution in [0.1, 0.15) is 30.0 Å². The van der Waals surface area contributed by atoms with E-state index in [-0.39, 0.29) is 11.8 Å². The molecule has 124 valence electrons. The van der Waals surface area contributed by atoms with Crippen molar-refractivity contribution in [3.63, 3.8) is 0 Å². The van der Waals surface area contributed by atoms with Gasteiger partial charge in [-0.25, -0.2) is 0 Å². The molecule has 0 radical (unpaired) electrons. The molecule has 1 amide bonds. The van der Waals surface area contributed by atoms with Crippen LogP contribution in [0, 0.1) is 0 Å². The van der Waals surface area contributed by atoms with Gasteiger partial charge in [-0.05, 0) is 38.1 Å². The van der Waals surface area contributed by atoms with Crippen LogP contribution in [0.4, 0.5) is 18.9 Å². The number of carbonyl (C=O) groups is 1. The van der Waals surface area contributed by atoms with Crippen LogP contribution in [-0.2, 0) is 13.2 Å². The second-order valence-electron chi connectivity index (χ2n) is 5.18. The Kier molecular flexibility index (Phi) is 4.63. The van der Waals surface area contributed by atoms with Gasteiger partial charge in [0, 0.05) is 18.8 Å². The number of nitrogens with zero attached hydrogens (tertiary/aromatic N) is 2. The highest BCUT2D eigenvalue weighted by Crippen LogP contribution is 2.28. The molecule has 1 heterocycles. The lowest BCUT2D eigenvalue weighted by molar-refractivity contribution is -0.141. The molecule has 0 atom stereocenters. The van der Waals surface area contributed by atoms with E-state index >= 15 is 0 Å². The molecule has 0 aliphatic rings. The van der Waals surface area contributed by atoms with Crippen molar-refractivity contribution in [1.82, 2.24) is 9.78 Å². The van der Waals surface area contributed by atoms with Crippen LogP contribution in [0.15, 0.2) is 30.3 Å². The zero-order chi connectivity index (χ0) is 17.2. The third-order valence-electron chi connectivity index (χ3n) is 2.89. The largest absolute Gasteiger partial charge is 0.491 e. The molecular weight excluding hydrogens is 311 g/mol. The molecule has 2 rings (SSSR count). The third-order valence-corrected chi connectivity index (χ3v) is 2.89. The molecule has 8 heteroatoms. The number of hydrogen-bond acceptors (Lipinski definition) is 3. The van der Waals surface area contributed by atoms with Gasteiger partial charge >= 0.3 is 6.18 Å². The number of rotatable bonds is 4. The zero-order valence-electron chi connectivity index (χ0n) is 12.8. The van der Waals surface area contributed by atoms with Gasteiger partial charge in [-0.3, -0.25) is 9.48 Å². The highest BCUT2D eigenvalue weighted by atomic mass is 19.4. The van der Waals surface area contributed by atoms with E-state index in [0.717, 1.165) is 4.68 Å². The van der Waals surface area contributed by atoms with Crippen LogP contribution < -0.4 is 10.1 Å². The summed E-state index contributed by atoms with van der Waals surface area (Å²) in [5.74, 6) is -0.0362. The first-order valence-corrected chi connectivity index (χ1v) is 6.86. The minimum absolute atomic E-state index is 0.0191. The molecule has 2 aromatic rings. The van der Waals surface area contributed by atoms with E-state index in [0.29, 0.717) is 17.5 Å². The highest BCUT2D eigenvalue weighted by Gasteiger charge is 2.35. The Bertz CT molecular complexity index is 691. The number of aryl methyl sites for hydroxylation is 1. The van der Waals surface area contributed by atoms with Crippen LogP contribution in [0.5, 0.6) is 5.75 Å². The normalized spacial score (nSPS) is 11.6. The van der Waals surface area contributed by atoms with E-state index < -0.39 is 17.8 Å². The van der Waals surface area contributed by atoms with Crippen LogP contribution in [0.25, 0.3) is 0 Å². The van der Waals surface area contributed by atoms with Gasteiger partial charge in [0.1, 0.15) is 11.4 Å². The van der Waals surface area contributed by atoms with Crippen molar-refractivity contribution in [3.05, 3.63) is 41.7 Å². The Morgan fingerprint density at radius 2 is 1.87 bits per heavy atom. The quantitative estimate of drug-likeness (QED) is 0.935. The molecule has 1 N–H and O–H groups in total. The second kappa shape index (κ2) is 6.31. The SMILES string of the molecule is CC(C)Oc1ccc(NC(=O)c2cc(C(F)(F)F)nn2C)cc1. The Hall–Kier alpha value is -2.51. The summed E-state index contributed by atoms with van der Waals surface area (Å²) in [6, 6.07) is 7.26. The van der Waals surface area contributed by atoms with Crippen LogP contribution >= 0.6 is 0 Å². The van der Waals surface area contributed by atoms with Gasteiger partial charge in [-0.1, -0.05) is 0 Å². The average molecular weight is 327 g/mol. The Morgan fingerprint density at radius 3 is 2.35 bits per heavy atom. The number of carbonyl (C=O) groups excluding carboxylic acids is 1. The van der Waals surface area contributed by atoms with E-state index in [4.69, 9.17) is 4.74 Å². The maximum Gasteiger partial charge on any atom is 0.435 e. The van der Waals surface area contributed by atoms with Crippen molar-refractivity contribution in [3.8, 4) is 5.75 Å². The fourth-order valence-electron chi connectivity index (χ4n) is 1.90. The number of alkyl halides is 3. The van der Waals surface area contributed by atoms with Gasteiger partial charge in [0.25, 0.3) is 5.91 Å². The molecule has 0 fully saturated rings. The highest BCUT2D eigenvalue weighted by molar-refractivity contribution is 6.03. The number of ether oxygens (including phenoxy) is 1. The fraction of sp³-hybridized carbons (Fsp3) is 0.333. The average Bonchev–Trinajstić information content (AvgIpc) is 2.82. The molecule has 0 aliphatic carbocycles. The van der Waals surface area contributed by atoms with Gasteiger partial charge in [0.15, 0.2) is 5.69 Å².